The van der Waals surface area contributed by atoms with Gasteiger partial charge in [0.15, 0.2) is 23.3 Å². The molecule has 12 aromatic rings. The van der Waals surface area contributed by atoms with Crippen molar-refractivity contribution in [2.75, 3.05) is 0 Å². The third-order valence-corrected chi connectivity index (χ3v) is 12.5. The van der Waals surface area contributed by atoms with E-state index in [1.165, 1.54) is 27.4 Å². The van der Waals surface area contributed by atoms with Crippen LogP contribution in [-0.4, -0.2) is 34.5 Å². The van der Waals surface area contributed by atoms with E-state index in [-0.39, 0.29) is 0 Å². The normalized spacial score (nSPS) is 11.5. The first-order valence-electron chi connectivity index (χ1n) is 20.4. The van der Waals surface area contributed by atoms with Crippen molar-refractivity contribution in [1.29, 1.82) is 0 Å². The molecule has 12 rings (SSSR count). The van der Waals surface area contributed by atoms with Gasteiger partial charge in [0.1, 0.15) is 4.83 Å². The summed E-state index contributed by atoms with van der Waals surface area (Å²) >= 11 is 1.62. The Balaban J connectivity index is 0.938. The molecule has 0 atom stereocenters. The minimum atomic E-state index is 0.588. The Morgan fingerprint density at radius 1 is 0.339 bits per heavy atom. The quantitative estimate of drug-likeness (QED) is 0.159. The molecule has 0 unspecified atom stereocenters. The molecule has 0 bridgehead atoms. The van der Waals surface area contributed by atoms with Gasteiger partial charge in [-0.1, -0.05) is 146 Å². The van der Waals surface area contributed by atoms with Crippen molar-refractivity contribution < 1.29 is 0 Å². The molecular weight excluding hydrogens is 779 g/mol. The monoisotopic (exact) mass is 811 g/mol. The van der Waals surface area contributed by atoms with E-state index < -0.39 is 0 Å². The third-order valence-electron chi connectivity index (χ3n) is 11.4. The van der Waals surface area contributed by atoms with E-state index in [0.717, 1.165) is 65.2 Å². The number of hydrogen-bond donors (Lipinski definition) is 0. The second kappa shape index (κ2) is 14.8. The molecule has 62 heavy (non-hydrogen) atoms. The molecule has 8 heteroatoms. The fourth-order valence-corrected chi connectivity index (χ4v) is 9.43. The minimum absolute atomic E-state index is 0.588. The summed E-state index contributed by atoms with van der Waals surface area (Å²) in [5, 5.41) is 3.48. The van der Waals surface area contributed by atoms with Crippen LogP contribution in [0.2, 0.25) is 0 Å². The highest BCUT2D eigenvalue weighted by atomic mass is 32.1. The molecule has 0 spiro atoms. The first-order chi connectivity index (χ1) is 30.7. The zero-order valence-electron chi connectivity index (χ0n) is 33.1. The summed E-state index contributed by atoms with van der Waals surface area (Å²) in [5.74, 6) is 2.47. The number of hydrogen-bond acceptors (Lipinski definition) is 7. The molecule has 0 aliphatic rings. The van der Waals surface area contributed by atoms with Crippen LogP contribution in [0, 0.1) is 0 Å². The SMILES string of the molecule is c1ccc(-c2ccc(-c3nc(-c4ccc(-c5nc(-c6ccccc6)nc(-c6ccc(-n7c8ccccc8c8ccccc87)cc6)n5)cc4)c4sc5ncccc5c4n3)cc2)cc1. The fraction of sp³-hybridized carbons (Fsp3) is 0. The summed E-state index contributed by atoms with van der Waals surface area (Å²) in [6.45, 7) is 0. The van der Waals surface area contributed by atoms with Gasteiger partial charge >= 0.3 is 0 Å². The van der Waals surface area contributed by atoms with Crippen LogP contribution in [0.15, 0.2) is 200 Å². The lowest BCUT2D eigenvalue weighted by atomic mass is 10.0. The van der Waals surface area contributed by atoms with E-state index in [9.17, 15) is 0 Å². The molecule has 0 radical (unpaired) electrons. The predicted molar refractivity (Wildman–Crippen MR) is 253 cm³/mol. The summed E-state index contributed by atoms with van der Waals surface area (Å²) in [5.41, 5.74) is 12.1. The van der Waals surface area contributed by atoms with Crippen LogP contribution < -0.4 is 0 Å². The van der Waals surface area contributed by atoms with Gasteiger partial charge in [0.05, 0.1) is 26.9 Å². The van der Waals surface area contributed by atoms with Gasteiger partial charge in [0, 0.05) is 55.9 Å². The highest BCUT2D eigenvalue weighted by molar-refractivity contribution is 7.25. The molecule has 0 amide bonds. The number of benzene rings is 7. The zero-order valence-corrected chi connectivity index (χ0v) is 33.9. The zero-order chi connectivity index (χ0) is 41.0. The highest BCUT2D eigenvalue weighted by Gasteiger charge is 2.19. The van der Waals surface area contributed by atoms with Crippen LogP contribution in [0.5, 0.6) is 0 Å². The summed E-state index contributed by atoms with van der Waals surface area (Å²) in [6, 6.07) is 66.9. The van der Waals surface area contributed by atoms with Crippen LogP contribution in [0.1, 0.15) is 0 Å². The average Bonchev–Trinajstić information content (AvgIpc) is 3.90. The lowest BCUT2D eigenvalue weighted by molar-refractivity contribution is 1.07. The molecule has 290 valence electrons. The van der Waals surface area contributed by atoms with Gasteiger partial charge in [0.2, 0.25) is 0 Å². The van der Waals surface area contributed by atoms with Gasteiger partial charge in [0.25, 0.3) is 0 Å². The maximum Gasteiger partial charge on any atom is 0.164 e. The maximum atomic E-state index is 5.24. The van der Waals surface area contributed by atoms with Crippen LogP contribution in [0.4, 0.5) is 0 Å². The van der Waals surface area contributed by atoms with Crippen molar-refractivity contribution in [3.8, 4) is 73.6 Å². The molecule has 7 nitrogen and oxygen atoms in total. The smallest absolute Gasteiger partial charge is 0.164 e. The van der Waals surface area contributed by atoms with Crippen LogP contribution >= 0.6 is 11.3 Å². The van der Waals surface area contributed by atoms with Crippen molar-refractivity contribution in [2.45, 2.75) is 0 Å². The number of aromatic nitrogens is 7. The number of nitrogens with zero attached hydrogens (tertiary/aromatic N) is 7. The number of fused-ring (bicyclic) bond motifs is 6. The first kappa shape index (κ1) is 35.7. The molecule has 5 aromatic heterocycles. The second-order valence-corrected chi connectivity index (χ2v) is 16.1. The second-order valence-electron chi connectivity index (χ2n) is 15.1. The molecule has 7 aromatic carbocycles. The number of thiophene rings is 1. The van der Waals surface area contributed by atoms with E-state index >= 15 is 0 Å². The maximum absolute atomic E-state index is 5.24. The van der Waals surface area contributed by atoms with E-state index in [1.807, 2.05) is 48.7 Å². The van der Waals surface area contributed by atoms with Crippen molar-refractivity contribution in [1.82, 2.24) is 34.5 Å². The van der Waals surface area contributed by atoms with Gasteiger partial charge in [-0.15, -0.1) is 11.3 Å². The predicted octanol–water partition coefficient (Wildman–Crippen LogP) is 13.5. The Bertz CT molecular complexity index is 3550. The Kier molecular flexibility index (Phi) is 8.53. The van der Waals surface area contributed by atoms with Gasteiger partial charge < -0.3 is 4.57 Å². The largest absolute Gasteiger partial charge is 0.309 e. The summed E-state index contributed by atoms with van der Waals surface area (Å²) < 4.78 is 3.31. The minimum Gasteiger partial charge on any atom is -0.309 e. The lowest BCUT2D eigenvalue weighted by Gasteiger charge is -2.11. The Morgan fingerprint density at radius 3 is 1.37 bits per heavy atom. The van der Waals surface area contributed by atoms with E-state index in [4.69, 9.17) is 24.9 Å². The number of para-hydroxylation sites is 2. The van der Waals surface area contributed by atoms with Gasteiger partial charge in [-0.2, -0.15) is 0 Å². The molecular formula is C54H33N7S. The van der Waals surface area contributed by atoms with Crippen molar-refractivity contribution in [3.05, 3.63) is 200 Å². The highest BCUT2D eigenvalue weighted by Crippen LogP contribution is 2.40. The van der Waals surface area contributed by atoms with Gasteiger partial charge in [-0.25, -0.2) is 29.9 Å². The molecule has 0 fully saturated rings. The summed E-state index contributed by atoms with van der Waals surface area (Å²) in [7, 11) is 0. The molecule has 0 aliphatic heterocycles. The van der Waals surface area contributed by atoms with E-state index in [0.29, 0.717) is 23.3 Å². The van der Waals surface area contributed by atoms with E-state index in [1.54, 1.807) is 11.3 Å². The summed E-state index contributed by atoms with van der Waals surface area (Å²) in [6.07, 6.45) is 1.83. The van der Waals surface area contributed by atoms with Crippen molar-refractivity contribution in [2.24, 2.45) is 0 Å². The molecule has 5 heterocycles. The molecule has 0 N–H and O–H groups in total. The van der Waals surface area contributed by atoms with Crippen LogP contribution in [0.25, 0.3) is 116 Å². The Labute approximate surface area is 360 Å². The van der Waals surface area contributed by atoms with E-state index in [2.05, 4.69) is 161 Å². The van der Waals surface area contributed by atoms with Gasteiger partial charge in [-0.3, -0.25) is 0 Å². The fourth-order valence-electron chi connectivity index (χ4n) is 8.33. The number of rotatable bonds is 7. The average molecular weight is 812 g/mol. The summed E-state index contributed by atoms with van der Waals surface area (Å²) in [4.78, 5) is 31.1. The molecule has 0 saturated carbocycles. The topological polar surface area (TPSA) is 82.3 Å². The van der Waals surface area contributed by atoms with Crippen molar-refractivity contribution >= 4 is 53.6 Å². The van der Waals surface area contributed by atoms with Gasteiger partial charge in [-0.05, 0) is 59.7 Å². The molecule has 0 aliphatic carbocycles. The Morgan fingerprint density at radius 2 is 0.774 bits per heavy atom. The van der Waals surface area contributed by atoms with Crippen LogP contribution in [0.3, 0.4) is 0 Å². The van der Waals surface area contributed by atoms with Crippen LogP contribution in [-0.2, 0) is 0 Å². The lowest BCUT2D eigenvalue weighted by Crippen LogP contribution is -2.00. The molecule has 0 saturated heterocycles. The standard InChI is InChI=1S/C54H33N7S/c1-3-12-34(13-4-1)35-21-25-38(26-22-35)50-56-47(49-48(57-50)44-18-11-33-55-54(44)62-49)36-23-27-39(28-24-36)52-58-51(37-14-5-2-6-15-37)59-53(60-52)40-29-31-41(32-30-40)61-45-19-9-7-16-42(45)43-17-8-10-20-46(43)61/h1-33H. The Hall–Kier alpha value is -8.20. The van der Waals surface area contributed by atoms with Crippen molar-refractivity contribution in [3.63, 3.8) is 0 Å². The number of pyridine rings is 1. The first-order valence-corrected chi connectivity index (χ1v) is 21.3. The third kappa shape index (κ3) is 6.20.